The first-order chi connectivity index (χ1) is 15.2. The minimum atomic E-state index is -0.255. The van der Waals surface area contributed by atoms with Crippen molar-refractivity contribution in [2.45, 2.75) is 77.3 Å². The number of pyridine rings is 1. The number of hydrogen-bond donors (Lipinski definition) is 1. The van der Waals surface area contributed by atoms with Crippen molar-refractivity contribution >= 4 is 27.4 Å². The van der Waals surface area contributed by atoms with Gasteiger partial charge in [-0.25, -0.2) is 4.68 Å². The fraction of sp³-hybridized carbons (Fsp3) is 0.600. The third-order valence-corrected chi connectivity index (χ3v) is 8.55. The molecule has 0 aromatic carbocycles. The molecule has 0 saturated heterocycles. The first-order valence-corrected chi connectivity index (χ1v) is 12.4. The van der Waals surface area contributed by atoms with Gasteiger partial charge in [0, 0.05) is 24.4 Å². The Morgan fingerprint density at radius 2 is 1.84 bits per heavy atom. The van der Waals surface area contributed by atoms with E-state index in [-0.39, 0.29) is 23.4 Å². The number of Topliss-reactive ketones (excluding diaryl/α,β-unsaturated/α-hetero) is 1. The molecule has 4 saturated carbocycles. The molecule has 2 aromatic rings. The Morgan fingerprint density at radius 1 is 1.16 bits per heavy atom. The second-order valence-corrected chi connectivity index (χ2v) is 12.1. The van der Waals surface area contributed by atoms with Crippen LogP contribution in [-0.4, -0.2) is 26.1 Å². The number of nitrogens with zero attached hydrogens (tertiary/aromatic N) is 3. The summed E-state index contributed by atoms with van der Waals surface area (Å²) in [6.07, 6.45) is 13.6. The van der Waals surface area contributed by atoms with Gasteiger partial charge in [0.2, 0.25) is 0 Å². The molecule has 4 aliphatic carbocycles. The van der Waals surface area contributed by atoms with Crippen LogP contribution in [0.25, 0.3) is 0 Å². The molecule has 170 valence electrons. The van der Waals surface area contributed by atoms with Gasteiger partial charge < -0.3 is 5.32 Å². The van der Waals surface area contributed by atoms with E-state index in [1.165, 1.54) is 30.4 Å². The number of nitrogens with one attached hydrogen (secondary N) is 1. The molecule has 32 heavy (non-hydrogen) atoms. The lowest BCUT2D eigenvalue weighted by atomic mass is 9.43. The van der Waals surface area contributed by atoms with E-state index in [9.17, 15) is 9.59 Å². The molecule has 0 spiro atoms. The molecule has 0 amide bonds. The Bertz CT molecular complexity index is 1080. The summed E-state index contributed by atoms with van der Waals surface area (Å²) in [5.41, 5.74) is 2.37. The lowest BCUT2D eigenvalue weighted by Crippen LogP contribution is -2.61. The van der Waals surface area contributed by atoms with Crippen molar-refractivity contribution in [1.82, 2.24) is 14.8 Å². The quantitative estimate of drug-likeness (QED) is 0.595. The highest BCUT2D eigenvalue weighted by atomic mass is 79.9. The lowest BCUT2D eigenvalue weighted by Gasteiger charge is -2.65. The molecule has 4 fully saturated rings. The maximum Gasteiger partial charge on any atom is 0.283 e. The smallest absolute Gasteiger partial charge is 0.283 e. The summed E-state index contributed by atoms with van der Waals surface area (Å²) in [5, 5.41) is 8.11. The molecule has 0 aliphatic heterocycles. The van der Waals surface area contributed by atoms with Gasteiger partial charge in [-0.1, -0.05) is 13.8 Å². The number of ketones is 1. The van der Waals surface area contributed by atoms with Gasteiger partial charge in [-0.15, -0.1) is 0 Å². The largest absolute Gasteiger partial charge is 0.377 e. The number of anilines is 1. The van der Waals surface area contributed by atoms with Crippen LogP contribution in [0, 0.1) is 16.7 Å². The molecular weight excluding hydrogens is 468 g/mol. The fourth-order valence-electron chi connectivity index (χ4n) is 7.62. The van der Waals surface area contributed by atoms with Crippen molar-refractivity contribution in [1.29, 1.82) is 0 Å². The summed E-state index contributed by atoms with van der Waals surface area (Å²) in [5.74, 6) is 0.754. The number of carbonyl (C=O) groups is 1. The predicted octanol–water partition coefficient (Wildman–Crippen LogP) is 4.76. The number of rotatable bonds is 7. The Kier molecular flexibility index (Phi) is 5.31. The highest BCUT2D eigenvalue weighted by Gasteiger charge is 2.60. The van der Waals surface area contributed by atoms with Gasteiger partial charge in [0.25, 0.3) is 5.56 Å². The van der Waals surface area contributed by atoms with Crippen LogP contribution in [0.3, 0.4) is 0 Å². The van der Waals surface area contributed by atoms with Gasteiger partial charge in [0.05, 0.1) is 11.9 Å². The van der Waals surface area contributed by atoms with Gasteiger partial charge in [-0.05, 0) is 95.3 Å². The summed E-state index contributed by atoms with van der Waals surface area (Å²) in [6.45, 7) is 4.87. The van der Waals surface area contributed by atoms with Crippen LogP contribution in [0.15, 0.2) is 40.0 Å². The zero-order chi connectivity index (χ0) is 22.6. The topological polar surface area (TPSA) is 76.9 Å². The molecule has 4 aliphatic rings. The van der Waals surface area contributed by atoms with Crippen LogP contribution in [0.5, 0.6) is 0 Å². The van der Waals surface area contributed by atoms with E-state index in [1.807, 2.05) is 12.1 Å². The molecular formula is C25H31BrN4O2. The molecule has 2 unspecified atom stereocenters. The van der Waals surface area contributed by atoms with Gasteiger partial charge in [0.1, 0.15) is 11.0 Å². The second-order valence-electron chi connectivity index (χ2n) is 11.3. The average Bonchev–Trinajstić information content (AvgIpc) is 2.70. The van der Waals surface area contributed by atoms with E-state index in [1.54, 1.807) is 18.6 Å². The normalized spacial score (nSPS) is 32.8. The maximum atomic E-state index is 13.0. The van der Waals surface area contributed by atoms with Crippen LogP contribution in [-0.2, 0) is 17.8 Å². The van der Waals surface area contributed by atoms with Gasteiger partial charge in [0.15, 0.2) is 5.78 Å². The van der Waals surface area contributed by atoms with Crippen molar-refractivity contribution < 1.29 is 4.79 Å². The molecule has 0 radical (unpaired) electrons. The second kappa shape index (κ2) is 7.79. The summed E-state index contributed by atoms with van der Waals surface area (Å²) in [6, 6.07) is 3.81. The van der Waals surface area contributed by atoms with E-state index in [0.717, 1.165) is 30.0 Å². The zero-order valence-corrected chi connectivity index (χ0v) is 20.5. The molecule has 6 nitrogen and oxygen atoms in total. The first kappa shape index (κ1) is 21.8. The zero-order valence-electron chi connectivity index (χ0n) is 18.9. The Hall–Kier alpha value is -2.02. The molecule has 4 bridgehead atoms. The van der Waals surface area contributed by atoms with Crippen molar-refractivity contribution in [3.8, 4) is 0 Å². The third kappa shape index (κ3) is 4.16. The van der Waals surface area contributed by atoms with Crippen LogP contribution in [0.1, 0.15) is 64.4 Å². The fourth-order valence-corrected chi connectivity index (χ4v) is 8.02. The minimum Gasteiger partial charge on any atom is -0.377 e. The van der Waals surface area contributed by atoms with E-state index in [2.05, 4.69) is 45.2 Å². The maximum absolute atomic E-state index is 13.0. The summed E-state index contributed by atoms with van der Waals surface area (Å²) >= 11 is 3.51. The predicted molar refractivity (Wildman–Crippen MR) is 128 cm³/mol. The van der Waals surface area contributed by atoms with Crippen LogP contribution >= 0.6 is 15.9 Å². The number of aryl methyl sites for hydroxylation is 1. The molecule has 1 N–H and O–H groups in total. The summed E-state index contributed by atoms with van der Waals surface area (Å²) in [7, 11) is 0. The van der Waals surface area contributed by atoms with Crippen LogP contribution in [0.2, 0.25) is 0 Å². The summed E-state index contributed by atoms with van der Waals surface area (Å²) in [4.78, 5) is 29.4. The first-order valence-electron chi connectivity index (χ1n) is 11.6. The molecule has 2 heterocycles. The van der Waals surface area contributed by atoms with E-state index >= 15 is 0 Å². The van der Waals surface area contributed by atoms with Crippen molar-refractivity contribution in [2.75, 3.05) is 5.32 Å². The van der Waals surface area contributed by atoms with Crippen LogP contribution in [0.4, 0.5) is 5.69 Å². The Balaban J connectivity index is 1.29. The molecule has 2 aromatic heterocycles. The molecule has 6 rings (SSSR count). The average molecular weight is 499 g/mol. The molecule has 7 heteroatoms. The van der Waals surface area contributed by atoms with Crippen molar-refractivity contribution in [3.63, 3.8) is 0 Å². The van der Waals surface area contributed by atoms with E-state index < -0.39 is 0 Å². The SMILES string of the molecule is CC12CC3CC(C)(C1)CC(Nc1cnn(CC(=O)CCc4ccncc4)c(=O)c1Br)(C3)C2. The van der Waals surface area contributed by atoms with Crippen molar-refractivity contribution in [2.24, 2.45) is 16.7 Å². The monoisotopic (exact) mass is 498 g/mol. The number of halogens is 1. The van der Waals surface area contributed by atoms with E-state index in [4.69, 9.17) is 0 Å². The van der Waals surface area contributed by atoms with Gasteiger partial charge in [-0.3, -0.25) is 14.6 Å². The summed E-state index contributed by atoms with van der Waals surface area (Å²) < 4.78 is 1.74. The number of hydrogen-bond acceptors (Lipinski definition) is 5. The lowest BCUT2D eigenvalue weighted by molar-refractivity contribution is -0.119. The molecule has 2 atom stereocenters. The third-order valence-electron chi connectivity index (χ3n) is 7.78. The highest BCUT2D eigenvalue weighted by Crippen LogP contribution is 2.66. The van der Waals surface area contributed by atoms with Crippen molar-refractivity contribution in [3.05, 3.63) is 51.1 Å². The minimum absolute atomic E-state index is 0.00778. The van der Waals surface area contributed by atoms with Gasteiger partial charge >= 0.3 is 0 Å². The standard InChI is InChI=1S/C25H31BrN4O2/c1-23-9-18-10-24(2,14-23)16-25(11-18,15-23)29-20-12-28-30(22(32)21(20)26)13-19(31)4-3-17-5-7-27-8-6-17/h5-8,12,18,29H,3-4,9-11,13-16H2,1-2H3. The van der Waals surface area contributed by atoms with E-state index in [0.29, 0.717) is 28.1 Å². The Labute approximate surface area is 197 Å². The van der Waals surface area contributed by atoms with Crippen LogP contribution < -0.4 is 10.9 Å². The number of carbonyl (C=O) groups excluding carboxylic acids is 1. The number of aromatic nitrogens is 3. The Morgan fingerprint density at radius 3 is 2.50 bits per heavy atom. The highest BCUT2D eigenvalue weighted by molar-refractivity contribution is 9.10. The van der Waals surface area contributed by atoms with Gasteiger partial charge in [-0.2, -0.15) is 5.10 Å².